The van der Waals surface area contributed by atoms with Gasteiger partial charge in [-0.05, 0) is 17.7 Å². The molecule has 26 heavy (non-hydrogen) atoms. The quantitative estimate of drug-likeness (QED) is 0.331. The van der Waals surface area contributed by atoms with Gasteiger partial charge in [-0.2, -0.15) is 8.42 Å². The molecule has 0 saturated heterocycles. The van der Waals surface area contributed by atoms with Gasteiger partial charge in [0.15, 0.2) is 0 Å². The van der Waals surface area contributed by atoms with E-state index in [4.69, 9.17) is 4.18 Å². The zero-order valence-electron chi connectivity index (χ0n) is 13.5. The molecule has 0 spiro atoms. The maximum absolute atomic E-state index is 12.4. The standard InChI is InChI=1S/C16H15NO8S/c1-24-16(19)15(14(18)11-5-3-2-4-6-11)25-26(22,23)13-9-7-12(8-10-13)17(20)21/h2-10,14-15,18H,1H3. The topological polar surface area (TPSA) is 133 Å². The maximum atomic E-state index is 12.4. The number of ether oxygens (including phenoxy) is 1. The van der Waals surface area contributed by atoms with Crippen molar-refractivity contribution in [1.82, 2.24) is 0 Å². The monoisotopic (exact) mass is 381 g/mol. The first-order chi connectivity index (χ1) is 12.3. The molecule has 0 amide bonds. The number of non-ortho nitro benzene ring substituents is 1. The fourth-order valence-electron chi connectivity index (χ4n) is 2.09. The van der Waals surface area contributed by atoms with Crippen molar-refractivity contribution in [2.45, 2.75) is 17.1 Å². The maximum Gasteiger partial charge on any atom is 0.339 e. The molecule has 2 aromatic rings. The number of aliphatic hydroxyl groups excluding tert-OH is 1. The van der Waals surface area contributed by atoms with Crippen LogP contribution in [-0.4, -0.2) is 37.6 Å². The Morgan fingerprint density at radius 1 is 1.12 bits per heavy atom. The summed E-state index contributed by atoms with van der Waals surface area (Å²) in [4.78, 5) is 21.5. The third-order valence-corrected chi connectivity index (χ3v) is 4.74. The van der Waals surface area contributed by atoms with Gasteiger partial charge in [-0.3, -0.25) is 10.1 Å². The highest BCUT2D eigenvalue weighted by Crippen LogP contribution is 2.25. The van der Waals surface area contributed by atoms with E-state index in [-0.39, 0.29) is 11.3 Å². The van der Waals surface area contributed by atoms with Gasteiger partial charge in [0.25, 0.3) is 15.8 Å². The van der Waals surface area contributed by atoms with Crippen molar-refractivity contribution < 1.29 is 32.2 Å². The Kier molecular flexibility index (Phi) is 6.03. The van der Waals surface area contributed by atoms with Crippen LogP contribution in [0.5, 0.6) is 0 Å². The summed E-state index contributed by atoms with van der Waals surface area (Å²) in [6, 6.07) is 11.7. The lowest BCUT2D eigenvalue weighted by molar-refractivity contribution is -0.384. The van der Waals surface area contributed by atoms with E-state index >= 15 is 0 Å². The van der Waals surface area contributed by atoms with E-state index in [9.17, 15) is 28.4 Å². The van der Waals surface area contributed by atoms with Crippen LogP contribution < -0.4 is 0 Å². The van der Waals surface area contributed by atoms with E-state index in [1.807, 2.05) is 0 Å². The summed E-state index contributed by atoms with van der Waals surface area (Å²) in [6.45, 7) is 0. The van der Waals surface area contributed by atoms with Crippen LogP contribution in [0.3, 0.4) is 0 Å². The van der Waals surface area contributed by atoms with Crippen LogP contribution in [0.2, 0.25) is 0 Å². The van der Waals surface area contributed by atoms with Crippen molar-refractivity contribution >= 4 is 21.8 Å². The molecule has 0 heterocycles. The van der Waals surface area contributed by atoms with Crippen molar-refractivity contribution in [3.8, 4) is 0 Å². The second kappa shape index (κ2) is 8.04. The number of hydrogen-bond acceptors (Lipinski definition) is 8. The lowest BCUT2D eigenvalue weighted by Crippen LogP contribution is -2.34. The lowest BCUT2D eigenvalue weighted by atomic mass is 10.0. The minimum atomic E-state index is -4.49. The molecule has 0 fully saturated rings. The smallest absolute Gasteiger partial charge is 0.339 e. The molecule has 1 N–H and O–H groups in total. The van der Waals surface area contributed by atoms with E-state index in [1.54, 1.807) is 18.2 Å². The van der Waals surface area contributed by atoms with Crippen molar-refractivity contribution in [2.75, 3.05) is 7.11 Å². The molecule has 0 saturated carbocycles. The molecule has 138 valence electrons. The van der Waals surface area contributed by atoms with Crippen LogP contribution in [0.1, 0.15) is 11.7 Å². The number of benzene rings is 2. The van der Waals surface area contributed by atoms with E-state index in [0.717, 1.165) is 31.4 Å². The molecule has 10 heteroatoms. The minimum absolute atomic E-state index is 0.252. The molecule has 0 aliphatic heterocycles. The third-order valence-electron chi connectivity index (χ3n) is 3.43. The Morgan fingerprint density at radius 2 is 1.69 bits per heavy atom. The molecular weight excluding hydrogens is 366 g/mol. The number of carbonyl (C=O) groups is 1. The predicted molar refractivity (Wildman–Crippen MR) is 88.6 cm³/mol. The third kappa shape index (κ3) is 4.42. The number of methoxy groups -OCH3 is 1. The van der Waals surface area contributed by atoms with Crippen molar-refractivity contribution in [3.63, 3.8) is 0 Å². The van der Waals surface area contributed by atoms with Gasteiger partial charge in [0, 0.05) is 12.1 Å². The first-order valence-corrected chi connectivity index (χ1v) is 8.65. The van der Waals surface area contributed by atoms with Gasteiger partial charge >= 0.3 is 5.97 Å². The molecule has 0 aromatic heterocycles. The molecule has 0 radical (unpaired) electrons. The van der Waals surface area contributed by atoms with Crippen molar-refractivity contribution in [1.29, 1.82) is 0 Å². The first-order valence-electron chi connectivity index (χ1n) is 7.25. The second-order valence-corrected chi connectivity index (χ2v) is 6.67. The van der Waals surface area contributed by atoms with E-state index in [0.29, 0.717) is 0 Å². The summed E-state index contributed by atoms with van der Waals surface area (Å²) in [5.74, 6) is -1.09. The second-order valence-electron chi connectivity index (χ2n) is 5.10. The molecule has 2 atom stereocenters. The number of rotatable bonds is 7. The number of nitro groups is 1. The summed E-state index contributed by atoms with van der Waals surface area (Å²) in [5, 5.41) is 21.0. The molecule has 0 aliphatic rings. The summed E-state index contributed by atoms with van der Waals surface area (Å²) >= 11 is 0. The Labute approximate surface area is 149 Å². The minimum Gasteiger partial charge on any atom is -0.467 e. The molecule has 0 bridgehead atoms. The van der Waals surface area contributed by atoms with Crippen molar-refractivity contribution in [3.05, 3.63) is 70.3 Å². The largest absolute Gasteiger partial charge is 0.467 e. The van der Waals surface area contributed by atoms with E-state index in [2.05, 4.69) is 4.74 Å². The highest BCUT2D eigenvalue weighted by molar-refractivity contribution is 7.86. The SMILES string of the molecule is COC(=O)C(OS(=O)(=O)c1ccc([N+](=O)[O-])cc1)C(O)c1ccccc1. The van der Waals surface area contributed by atoms with Crippen LogP contribution >= 0.6 is 0 Å². The number of nitrogens with zero attached hydrogens (tertiary/aromatic N) is 1. The Hall–Kier alpha value is -2.82. The molecule has 2 rings (SSSR count). The van der Waals surface area contributed by atoms with Crippen molar-refractivity contribution in [2.24, 2.45) is 0 Å². The average Bonchev–Trinajstić information content (AvgIpc) is 2.65. The number of carbonyl (C=O) groups excluding carboxylic acids is 1. The van der Waals surface area contributed by atoms with Crippen LogP contribution in [0.25, 0.3) is 0 Å². The lowest BCUT2D eigenvalue weighted by Gasteiger charge is -2.21. The van der Waals surface area contributed by atoms with Crippen LogP contribution in [-0.2, 0) is 23.8 Å². The first kappa shape index (κ1) is 19.5. The highest BCUT2D eigenvalue weighted by atomic mass is 32.2. The van der Waals surface area contributed by atoms with Crippen LogP contribution in [0.4, 0.5) is 5.69 Å². The summed E-state index contributed by atoms with van der Waals surface area (Å²) in [7, 11) is -3.47. The number of aliphatic hydroxyl groups is 1. The van der Waals surface area contributed by atoms with Gasteiger partial charge in [-0.25, -0.2) is 8.98 Å². The number of esters is 1. The van der Waals surface area contributed by atoms with Gasteiger partial charge in [0.2, 0.25) is 6.10 Å². The zero-order chi connectivity index (χ0) is 19.3. The normalized spacial score (nSPS) is 13.6. The Balaban J connectivity index is 2.32. The molecule has 2 unspecified atom stereocenters. The zero-order valence-corrected chi connectivity index (χ0v) is 14.3. The fourth-order valence-corrected chi connectivity index (χ4v) is 3.13. The Bertz CT molecular complexity index is 880. The fraction of sp³-hybridized carbons (Fsp3) is 0.188. The summed E-state index contributed by atoms with van der Waals surface area (Å²) in [6.07, 6.45) is -3.45. The average molecular weight is 381 g/mol. The highest BCUT2D eigenvalue weighted by Gasteiger charge is 2.35. The van der Waals surface area contributed by atoms with Gasteiger partial charge in [-0.15, -0.1) is 0 Å². The molecule has 0 aliphatic carbocycles. The summed E-state index contributed by atoms with van der Waals surface area (Å²) in [5.41, 5.74) is -0.0559. The Morgan fingerprint density at radius 3 is 2.19 bits per heavy atom. The van der Waals surface area contributed by atoms with Gasteiger partial charge in [0.1, 0.15) is 6.10 Å². The predicted octanol–water partition coefficient (Wildman–Crippen LogP) is 1.58. The number of nitro benzene ring substituents is 1. The molecule has 9 nitrogen and oxygen atoms in total. The number of hydrogen-bond donors (Lipinski definition) is 1. The van der Waals surface area contributed by atoms with Gasteiger partial charge in [-0.1, -0.05) is 30.3 Å². The molecular formula is C16H15NO8S. The molecule has 2 aromatic carbocycles. The van der Waals surface area contributed by atoms with E-state index < -0.39 is 38.1 Å². The van der Waals surface area contributed by atoms with Crippen LogP contribution in [0.15, 0.2) is 59.5 Å². The van der Waals surface area contributed by atoms with Gasteiger partial charge in [0.05, 0.1) is 16.9 Å². The summed E-state index contributed by atoms with van der Waals surface area (Å²) < 4.78 is 34.1. The van der Waals surface area contributed by atoms with Crippen LogP contribution in [0, 0.1) is 10.1 Å². The van der Waals surface area contributed by atoms with E-state index in [1.165, 1.54) is 12.1 Å². The van der Waals surface area contributed by atoms with Gasteiger partial charge < -0.3 is 9.84 Å².